The van der Waals surface area contributed by atoms with E-state index in [0.29, 0.717) is 5.92 Å². The van der Waals surface area contributed by atoms with Crippen LogP contribution in [-0.4, -0.2) is 0 Å². The van der Waals surface area contributed by atoms with Crippen LogP contribution in [0.3, 0.4) is 0 Å². The van der Waals surface area contributed by atoms with E-state index in [1.165, 1.54) is 82.6 Å². The number of aryl methyl sites for hydroxylation is 1. The molecule has 0 heterocycles. The molecule has 1 heteroatoms. The van der Waals surface area contributed by atoms with E-state index >= 15 is 0 Å². The number of hydrogen-bond donors (Lipinski definition) is 0. The van der Waals surface area contributed by atoms with Crippen LogP contribution in [0.1, 0.15) is 107 Å². The molecule has 2 aromatic rings. The zero-order chi connectivity index (χ0) is 22.3. The summed E-state index contributed by atoms with van der Waals surface area (Å²) in [4.78, 5) is 0. The monoisotopic (exact) mass is 434 g/mol. The molecule has 174 valence electrons. The molecule has 2 aliphatic carbocycles. The normalized spacial score (nSPS) is 26.3. The summed E-state index contributed by atoms with van der Waals surface area (Å²) in [6, 6.07) is 10.6. The van der Waals surface area contributed by atoms with E-state index < -0.39 is 0 Å². The zero-order valence-corrected chi connectivity index (χ0v) is 20.3. The molecule has 4 rings (SSSR count). The van der Waals surface area contributed by atoms with Gasteiger partial charge in [-0.25, -0.2) is 4.39 Å². The number of rotatable bonds is 9. The third-order valence-electron chi connectivity index (χ3n) is 8.64. The molecule has 0 bridgehead atoms. The average Bonchev–Trinajstić information content (AvgIpc) is 2.83. The number of allylic oxidation sites excluding steroid dienone is 1. The van der Waals surface area contributed by atoms with E-state index in [0.717, 1.165) is 46.9 Å². The largest absolute Gasteiger partial charge is 0.206 e. The van der Waals surface area contributed by atoms with Crippen molar-refractivity contribution in [2.24, 2.45) is 17.8 Å². The Morgan fingerprint density at radius 1 is 0.844 bits per heavy atom. The maximum atomic E-state index is 14.9. The van der Waals surface area contributed by atoms with Crippen LogP contribution in [-0.2, 0) is 6.42 Å². The molecule has 2 aromatic carbocycles. The van der Waals surface area contributed by atoms with Gasteiger partial charge in [0.25, 0.3) is 0 Å². The Kier molecular flexibility index (Phi) is 8.44. The number of hydrogen-bond acceptors (Lipinski definition) is 0. The second kappa shape index (κ2) is 11.5. The minimum atomic E-state index is -0.0386. The molecular formula is C31H43F. The van der Waals surface area contributed by atoms with Gasteiger partial charge in [0.1, 0.15) is 5.82 Å². The molecule has 0 aliphatic heterocycles. The first-order chi connectivity index (χ1) is 15.7. The summed E-state index contributed by atoms with van der Waals surface area (Å²) in [5.41, 5.74) is 2.23. The lowest BCUT2D eigenvalue weighted by Gasteiger charge is -2.32. The maximum Gasteiger partial charge on any atom is 0.134 e. The van der Waals surface area contributed by atoms with Crippen molar-refractivity contribution >= 4 is 10.8 Å². The Morgan fingerprint density at radius 2 is 1.47 bits per heavy atom. The highest BCUT2D eigenvalue weighted by Crippen LogP contribution is 2.41. The van der Waals surface area contributed by atoms with E-state index in [1.807, 2.05) is 18.2 Å². The molecule has 0 N–H and O–H groups in total. The minimum absolute atomic E-state index is 0.0386. The van der Waals surface area contributed by atoms with Crippen molar-refractivity contribution in [1.82, 2.24) is 0 Å². The first-order valence-electron chi connectivity index (χ1n) is 13.5. The van der Waals surface area contributed by atoms with Crippen LogP contribution in [0.15, 0.2) is 43.0 Å². The zero-order valence-electron chi connectivity index (χ0n) is 20.3. The van der Waals surface area contributed by atoms with Crippen molar-refractivity contribution < 1.29 is 4.39 Å². The van der Waals surface area contributed by atoms with Gasteiger partial charge >= 0.3 is 0 Å². The van der Waals surface area contributed by atoms with Crippen LogP contribution >= 0.6 is 0 Å². The molecule has 0 unspecified atom stereocenters. The first kappa shape index (κ1) is 23.5. The van der Waals surface area contributed by atoms with Gasteiger partial charge in [-0.05, 0) is 78.7 Å². The van der Waals surface area contributed by atoms with Gasteiger partial charge in [-0.1, -0.05) is 94.7 Å². The molecule has 2 aliphatic rings. The van der Waals surface area contributed by atoms with Crippen LogP contribution in [0.2, 0.25) is 0 Å². The molecule has 32 heavy (non-hydrogen) atoms. The molecular weight excluding hydrogens is 391 g/mol. The standard InChI is InChI=1S/C31H43F/c1-3-5-7-27-18-19-29-22-28(20-21-30(29)31(27)32)26-16-14-25(15-17-26)13-12-24-10-8-23(6-4-2)9-11-24/h3,18-26H,1,4-17H2,2H3. The molecule has 0 aromatic heterocycles. The van der Waals surface area contributed by atoms with Gasteiger partial charge in [-0.3, -0.25) is 0 Å². The Balaban J connectivity index is 1.27. The second-order valence-electron chi connectivity index (χ2n) is 10.8. The predicted molar refractivity (Wildman–Crippen MR) is 137 cm³/mol. The molecule has 2 saturated carbocycles. The first-order valence-corrected chi connectivity index (χ1v) is 13.5. The topological polar surface area (TPSA) is 0 Å². The predicted octanol–water partition coefficient (Wildman–Crippen LogP) is 9.76. The number of fused-ring (bicyclic) bond motifs is 1. The molecule has 0 atom stereocenters. The smallest absolute Gasteiger partial charge is 0.134 e. The molecule has 0 spiro atoms. The summed E-state index contributed by atoms with van der Waals surface area (Å²) in [6.45, 7) is 6.09. The summed E-state index contributed by atoms with van der Waals surface area (Å²) in [7, 11) is 0. The van der Waals surface area contributed by atoms with Gasteiger partial charge < -0.3 is 0 Å². The molecule has 2 fully saturated rings. The lowest BCUT2D eigenvalue weighted by Crippen LogP contribution is -2.17. The van der Waals surface area contributed by atoms with Crippen molar-refractivity contribution in [2.45, 2.75) is 103 Å². The van der Waals surface area contributed by atoms with E-state index in [2.05, 4.69) is 31.7 Å². The third kappa shape index (κ3) is 5.83. The molecule has 0 saturated heterocycles. The Morgan fingerprint density at radius 3 is 2.09 bits per heavy atom. The number of benzene rings is 2. The second-order valence-corrected chi connectivity index (χ2v) is 10.8. The van der Waals surface area contributed by atoms with Crippen LogP contribution < -0.4 is 0 Å². The lowest BCUT2D eigenvalue weighted by molar-refractivity contribution is 0.224. The van der Waals surface area contributed by atoms with Crippen LogP contribution in [0.25, 0.3) is 10.8 Å². The van der Waals surface area contributed by atoms with Gasteiger partial charge in [0.15, 0.2) is 0 Å². The van der Waals surface area contributed by atoms with Gasteiger partial charge in [0.05, 0.1) is 0 Å². The van der Waals surface area contributed by atoms with Crippen LogP contribution in [0, 0.1) is 23.6 Å². The van der Waals surface area contributed by atoms with E-state index in [9.17, 15) is 4.39 Å². The minimum Gasteiger partial charge on any atom is -0.206 e. The summed E-state index contributed by atoms with van der Waals surface area (Å²) in [5.74, 6) is 3.59. The fourth-order valence-electron chi connectivity index (χ4n) is 6.53. The Bertz CT molecular complexity index is 865. The molecule has 0 amide bonds. The lowest BCUT2D eigenvalue weighted by atomic mass is 9.74. The van der Waals surface area contributed by atoms with Gasteiger partial charge in [-0.15, -0.1) is 6.58 Å². The van der Waals surface area contributed by atoms with Crippen LogP contribution in [0.4, 0.5) is 4.39 Å². The molecule has 0 radical (unpaired) electrons. The number of halogens is 1. The highest BCUT2D eigenvalue weighted by Gasteiger charge is 2.25. The maximum absolute atomic E-state index is 14.9. The fraction of sp³-hybridized carbons (Fsp3) is 0.613. The third-order valence-corrected chi connectivity index (χ3v) is 8.64. The van der Waals surface area contributed by atoms with Crippen LogP contribution in [0.5, 0.6) is 0 Å². The van der Waals surface area contributed by atoms with Crippen molar-refractivity contribution in [1.29, 1.82) is 0 Å². The summed E-state index contributed by atoms with van der Waals surface area (Å²) in [5, 5.41) is 1.83. The van der Waals surface area contributed by atoms with E-state index in [4.69, 9.17) is 0 Å². The summed E-state index contributed by atoms with van der Waals surface area (Å²) < 4.78 is 14.9. The quantitative estimate of drug-likeness (QED) is 0.344. The van der Waals surface area contributed by atoms with Gasteiger partial charge in [0, 0.05) is 5.39 Å². The van der Waals surface area contributed by atoms with Crippen molar-refractivity contribution in [2.75, 3.05) is 0 Å². The van der Waals surface area contributed by atoms with Crippen molar-refractivity contribution in [3.8, 4) is 0 Å². The summed E-state index contributed by atoms with van der Waals surface area (Å²) >= 11 is 0. The van der Waals surface area contributed by atoms with Gasteiger partial charge in [-0.2, -0.15) is 0 Å². The molecule has 0 nitrogen and oxygen atoms in total. The Hall–Kier alpha value is -1.63. The van der Waals surface area contributed by atoms with E-state index in [-0.39, 0.29) is 5.82 Å². The highest BCUT2D eigenvalue weighted by atomic mass is 19.1. The van der Waals surface area contributed by atoms with Crippen molar-refractivity contribution in [3.63, 3.8) is 0 Å². The fourth-order valence-corrected chi connectivity index (χ4v) is 6.53. The SMILES string of the molecule is C=CCCc1ccc2cc(C3CCC(CCC4CCC(CCC)CC4)CC3)ccc2c1F. The van der Waals surface area contributed by atoms with Crippen molar-refractivity contribution in [3.05, 3.63) is 59.9 Å². The average molecular weight is 435 g/mol. The highest BCUT2D eigenvalue weighted by molar-refractivity contribution is 5.84. The van der Waals surface area contributed by atoms with Gasteiger partial charge in [0.2, 0.25) is 0 Å². The summed E-state index contributed by atoms with van der Waals surface area (Å²) in [6.07, 6.45) is 20.5. The van der Waals surface area contributed by atoms with E-state index in [1.54, 1.807) is 0 Å². The Labute approximate surface area is 195 Å².